The van der Waals surface area contributed by atoms with Crippen LogP contribution in [-0.2, 0) is 4.79 Å². The van der Waals surface area contributed by atoms with E-state index < -0.39 is 0 Å². The number of aromatic nitrogens is 1. The molecule has 2 fully saturated rings. The van der Waals surface area contributed by atoms with Crippen LogP contribution in [0.25, 0.3) is 11.7 Å². The Balaban J connectivity index is 1.23. The van der Waals surface area contributed by atoms with Crippen LogP contribution in [0, 0.1) is 17.2 Å². The fraction of sp³-hybridized carbons (Fsp3) is 0.400. The van der Waals surface area contributed by atoms with Crippen molar-refractivity contribution in [1.29, 1.82) is 5.26 Å². The van der Waals surface area contributed by atoms with Gasteiger partial charge in [-0.25, -0.2) is 0 Å². The van der Waals surface area contributed by atoms with Crippen LogP contribution in [-0.4, -0.2) is 37.1 Å². The van der Waals surface area contributed by atoms with Crippen LogP contribution >= 0.6 is 0 Å². The highest BCUT2D eigenvalue weighted by atomic mass is 16.4. The maximum absolute atomic E-state index is 13.1. The standard InChI is InChI=1S/C25H27N5O3/c26-17-20-25(33-24(28-20)22-9-6-16-32-22)30-14-10-18(11-15-30)23(31)27-19-7-2-3-8-21(19)29-12-4-1-5-13-29/h2-3,6-9,16,18H,1,4-5,10-15H2,(H,27,31). The maximum Gasteiger partial charge on any atom is 0.266 e. The molecule has 0 aliphatic carbocycles. The van der Waals surface area contributed by atoms with E-state index in [-0.39, 0.29) is 17.5 Å². The van der Waals surface area contributed by atoms with E-state index in [1.807, 2.05) is 23.1 Å². The van der Waals surface area contributed by atoms with E-state index in [0.717, 1.165) is 24.5 Å². The molecule has 2 aromatic heterocycles. The first kappa shape index (κ1) is 21.1. The summed E-state index contributed by atoms with van der Waals surface area (Å²) < 4.78 is 11.2. The van der Waals surface area contributed by atoms with Crippen LogP contribution < -0.4 is 15.1 Å². The number of nitrogens with zero attached hydrogens (tertiary/aromatic N) is 4. The van der Waals surface area contributed by atoms with E-state index in [9.17, 15) is 10.1 Å². The Morgan fingerprint density at radius 3 is 2.55 bits per heavy atom. The fourth-order valence-corrected chi connectivity index (χ4v) is 4.67. The molecule has 8 nitrogen and oxygen atoms in total. The summed E-state index contributed by atoms with van der Waals surface area (Å²) in [5, 5.41) is 12.7. The molecule has 0 unspecified atom stereocenters. The molecule has 0 radical (unpaired) electrons. The predicted octanol–water partition coefficient (Wildman–Crippen LogP) is 4.65. The third-order valence-electron chi connectivity index (χ3n) is 6.46. The molecular formula is C25H27N5O3. The van der Waals surface area contributed by atoms with Crippen molar-refractivity contribution in [3.8, 4) is 17.7 Å². The van der Waals surface area contributed by atoms with Crippen molar-refractivity contribution in [3.63, 3.8) is 0 Å². The summed E-state index contributed by atoms with van der Waals surface area (Å²) in [6.07, 6.45) is 6.55. The van der Waals surface area contributed by atoms with Crippen molar-refractivity contribution < 1.29 is 13.6 Å². The van der Waals surface area contributed by atoms with Crippen molar-refractivity contribution in [3.05, 3.63) is 48.4 Å². The van der Waals surface area contributed by atoms with Crippen molar-refractivity contribution in [2.45, 2.75) is 32.1 Å². The Labute approximate surface area is 192 Å². The first-order valence-electron chi connectivity index (χ1n) is 11.6. The highest BCUT2D eigenvalue weighted by molar-refractivity contribution is 5.96. The van der Waals surface area contributed by atoms with Gasteiger partial charge in [0.25, 0.3) is 5.89 Å². The highest BCUT2D eigenvalue weighted by Gasteiger charge is 2.30. The van der Waals surface area contributed by atoms with Gasteiger partial charge in [-0.15, -0.1) is 0 Å². The van der Waals surface area contributed by atoms with E-state index in [0.29, 0.717) is 43.5 Å². The van der Waals surface area contributed by atoms with Gasteiger partial charge in [0.15, 0.2) is 5.76 Å². The minimum atomic E-state index is -0.0892. The molecule has 0 spiro atoms. The smallest absolute Gasteiger partial charge is 0.266 e. The lowest BCUT2D eigenvalue weighted by Crippen LogP contribution is -2.38. The molecule has 2 saturated heterocycles. The van der Waals surface area contributed by atoms with Gasteiger partial charge in [0, 0.05) is 32.1 Å². The summed E-state index contributed by atoms with van der Waals surface area (Å²) in [4.78, 5) is 21.7. The number of hydrogen-bond donors (Lipinski definition) is 1. The van der Waals surface area contributed by atoms with Crippen molar-refractivity contribution >= 4 is 23.2 Å². The number of para-hydroxylation sites is 2. The summed E-state index contributed by atoms with van der Waals surface area (Å²) in [6, 6.07) is 13.7. The number of carbonyl (C=O) groups excluding carboxylic acids is 1. The number of nitrogens with one attached hydrogen (secondary N) is 1. The lowest BCUT2D eigenvalue weighted by Gasteiger charge is -2.32. The number of furan rings is 1. The second kappa shape index (κ2) is 9.41. The molecular weight excluding hydrogens is 418 g/mol. The fourth-order valence-electron chi connectivity index (χ4n) is 4.67. The monoisotopic (exact) mass is 445 g/mol. The normalized spacial score (nSPS) is 17.1. The second-order valence-electron chi connectivity index (χ2n) is 8.58. The number of amides is 1. The highest BCUT2D eigenvalue weighted by Crippen LogP contribution is 2.33. The molecule has 8 heteroatoms. The number of hydrogen-bond acceptors (Lipinski definition) is 7. The number of anilines is 3. The molecule has 1 aromatic carbocycles. The molecule has 3 aromatic rings. The van der Waals surface area contributed by atoms with Crippen molar-refractivity contribution in [2.24, 2.45) is 5.92 Å². The first-order chi connectivity index (χ1) is 16.2. The first-order valence-corrected chi connectivity index (χ1v) is 11.6. The number of carbonyl (C=O) groups is 1. The Morgan fingerprint density at radius 2 is 1.82 bits per heavy atom. The van der Waals surface area contributed by atoms with Crippen molar-refractivity contribution in [1.82, 2.24) is 4.98 Å². The zero-order valence-electron chi connectivity index (χ0n) is 18.5. The number of nitriles is 1. The van der Waals surface area contributed by atoms with Gasteiger partial charge in [0.05, 0.1) is 17.6 Å². The van der Waals surface area contributed by atoms with E-state index in [1.54, 1.807) is 18.4 Å². The molecule has 0 bridgehead atoms. The quantitative estimate of drug-likeness (QED) is 0.610. The lowest BCUT2D eigenvalue weighted by atomic mass is 9.95. The van der Waals surface area contributed by atoms with Crippen LogP contribution in [0.15, 0.2) is 51.5 Å². The number of oxazole rings is 1. The predicted molar refractivity (Wildman–Crippen MR) is 125 cm³/mol. The molecule has 0 saturated carbocycles. The lowest BCUT2D eigenvalue weighted by molar-refractivity contribution is -0.120. The third-order valence-corrected chi connectivity index (χ3v) is 6.46. The largest absolute Gasteiger partial charge is 0.459 e. The Bertz CT molecular complexity index is 1130. The Kier molecular flexibility index (Phi) is 6.03. The summed E-state index contributed by atoms with van der Waals surface area (Å²) >= 11 is 0. The maximum atomic E-state index is 13.1. The average Bonchev–Trinajstić information content (AvgIpc) is 3.55. The van der Waals surface area contributed by atoms with Gasteiger partial charge < -0.3 is 24.0 Å². The molecule has 4 heterocycles. The minimum absolute atomic E-state index is 0.0495. The molecule has 1 N–H and O–H groups in total. The van der Waals surface area contributed by atoms with E-state index >= 15 is 0 Å². The van der Waals surface area contributed by atoms with Gasteiger partial charge >= 0.3 is 0 Å². The summed E-state index contributed by atoms with van der Waals surface area (Å²) in [5.74, 6) is 1.18. The molecule has 5 rings (SSSR count). The topological polar surface area (TPSA) is 98.5 Å². The van der Waals surface area contributed by atoms with Gasteiger partial charge in [-0.3, -0.25) is 4.79 Å². The number of rotatable bonds is 5. The summed E-state index contributed by atoms with van der Waals surface area (Å²) in [6.45, 7) is 3.30. The molecule has 33 heavy (non-hydrogen) atoms. The second-order valence-corrected chi connectivity index (χ2v) is 8.58. The van der Waals surface area contributed by atoms with Crippen LogP contribution in [0.3, 0.4) is 0 Å². The van der Waals surface area contributed by atoms with Gasteiger partial charge in [-0.2, -0.15) is 10.2 Å². The number of piperidine rings is 2. The van der Waals surface area contributed by atoms with Gasteiger partial charge in [-0.1, -0.05) is 12.1 Å². The average molecular weight is 446 g/mol. The Hall–Kier alpha value is -3.73. The summed E-state index contributed by atoms with van der Waals surface area (Å²) in [7, 11) is 0. The summed E-state index contributed by atoms with van der Waals surface area (Å²) in [5.41, 5.74) is 2.23. The molecule has 0 atom stereocenters. The third kappa shape index (κ3) is 4.44. The van der Waals surface area contributed by atoms with Gasteiger partial charge in [0.1, 0.15) is 6.07 Å². The zero-order valence-corrected chi connectivity index (χ0v) is 18.5. The van der Waals surface area contributed by atoms with Crippen LogP contribution in [0.5, 0.6) is 0 Å². The molecule has 2 aliphatic rings. The van der Waals surface area contributed by atoms with E-state index in [1.165, 1.54) is 19.3 Å². The van der Waals surface area contributed by atoms with Crippen molar-refractivity contribution in [2.75, 3.05) is 41.3 Å². The molecule has 2 aliphatic heterocycles. The van der Waals surface area contributed by atoms with Gasteiger partial charge in [-0.05, 0) is 56.4 Å². The van der Waals surface area contributed by atoms with E-state index in [4.69, 9.17) is 8.83 Å². The van der Waals surface area contributed by atoms with Crippen LogP contribution in [0.1, 0.15) is 37.8 Å². The van der Waals surface area contributed by atoms with E-state index in [2.05, 4.69) is 27.3 Å². The van der Waals surface area contributed by atoms with Crippen LogP contribution in [0.2, 0.25) is 0 Å². The minimum Gasteiger partial charge on any atom is -0.459 e. The van der Waals surface area contributed by atoms with Gasteiger partial charge in [0.2, 0.25) is 17.5 Å². The molecule has 170 valence electrons. The SMILES string of the molecule is N#Cc1nc(-c2ccco2)oc1N1CCC(C(=O)Nc2ccccc2N2CCCCC2)CC1. The Morgan fingerprint density at radius 1 is 1.03 bits per heavy atom. The number of benzene rings is 1. The van der Waals surface area contributed by atoms with Crippen LogP contribution in [0.4, 0.5) is 17.3 Å². The zero-order chi connectivity index (χ0) is 22.6. The molecule has 1 amide bonds.